The van der Waals surface area contributed by atoms with Crippen LogP contribution in [0.25, 0.3) is 0 Å². The first-order chi connectivity index (χ1) is 8.52. The van der Waals surface area contributed by atoms with Crippen molar-refractivity contribution in [2.24, 2.45) is 17.6 Å². The number of hydrogen-bond donors (Lipinski definition) is 2. The first kappa shape index (κ1) is 14.8. The smallest absolute Gasteiger partial charge is 0.220 e. The van der Waals surface area contributed by atoms with E-state index in [9.17, 15) is 4.79 Å². The van der Waals surface area contributed by atoms with Crippen molar-refractivity contribution in [1.82, 2.24) is 5.32 Å². The van der Waals surface area contributed by atoms with Crippen LogP contribution in [0.1, 0.15) is 45.4 Å². The van der Waals surface area contributed by atoms with Crippen LogP contribution in [0.5, 0.6) is 0 Å². The summed E-state index contributed by atoms with van der Waals surface area (Å²) in [6.45, 7) is 6.76. The van der Waals surface area contributed by atoms with Crippen LogP contribution in [0.15, 0.2) is 22.8 Å². The third kappa shape index (κ3) is 4.92. The zero-order valence-corrected chi connectivity index (χ0v) is 11.5. The topological polar surface area (TPSA) is 68.3 Å². The molecule has 0 spiro atoms. The van der Waals surface area contributed by atoms with Gasteiger partial charge in [-0.15, -0.1) is 0 Å². The Balaban J connectivity index is 2.40. The van der Waals surface area contributed by atoms with E-state index >= 15 is 0 Å². The fraction of sp³-hybridized carbons (Fsp3) is 0.643. The molecule has 1 aromatic rings. The van der Waals surface area contributed by atoms with E-state index in [2.05, 4.69) is 19.2 Å². The summed E-state index contributed by atoms with van der Waals surface area (Å²) in [5.74, 6) is 1.63. The highest BCUT2D eigenvalue weighted by atomic mass is 16.3. The van der Waals surface area contributed by atoms with Gasteiger partial charge in [-0.3, -0.25) is 4.79 Å². The lowest BCUT2D eigenvalue weighted by Gasteiger charge is -2.18. The monoisotopic (exact) mass is 252 g/mol. The average molecular weight is 252 g/mol. The molecule has 1 heterocycles. The van der Waals surface area contributed by atoms with Crippen LogP contribution in [0.2, 0.25) is 0 Å². The number of amides is 1. The Morgan fingerprint density at radius 1 is 1.44 bits per heavy atom. The largest absolute Gasteiger partial charge is 0.467 e. The Kier molecular flexibility index (Phi) is 5.92. The summed E-state index contributed by atoms with van der Waals surface area (Å²) in [6.07, 6.45) is 3.08. The molecule has 0 aliphatic rings. The van der Waals surface area contributed by atoms with Gasteiger partial charge in [0.2, 0.25) is 5.91 Å². The highest BCUT2D eigenvalue weighted by Gasteiger charge is 2.17. The van der Waals surface area contributed by atoms with Gasteiger partial charge in [0.05, 0.1) is 12.3 Å². The van der Waals surface area contributed by atoms with E-state index in [-0.39, 0.29) is 17.9 Å². The van der Waals surface area contributed by atoms with Crippen LogP contribution in [0.3, 0.4) is 0 Å². The van der Waals surface area contributed by atoms with Crippen molar-refractivity contribution in [1.29, 1.82) is 0 Å². The van der Waals surface area contributed by atoms with E-state index in [1.807, 2.05) is 19.1 Å². The van der Waals surface area contributed by atoms with Crippen molar-refractivity contribution in [2.75, 3.05) is 6.54 Å². The molecule has 0 fully saturated rings. The lowest BCUT2D eigenvalue weighted by atomic mass is 9.94. The van der Waals surface area contributed by atoms with Crippen molar-refractivity contribution in [2.45, 2.75) is 39.7 Å². The van der Waals surface area contributed by atoms with E-state index in [1.54, 1.807) is 6.26 Å². The van der Waals surface area contributed by atoms with Crippen LogP contribution in [0, 0.1) is 11.8 Å². The lowest BCUT2D eigenvalue weighted by molar-refractivity contribution is -0.122. The molecule has 4 nitrogen and oxygen atoms in total. The maximum Gasteiger partial charge on any atom is 0.220 e. The molecular weight excluding hydrogens is 228 g/mol. The summed E-state index contributed by atoms with van der Waals surface area (Å²) in [5.41, 5.74) is 5.70. The molecule has 4 heteroatoms. The normalized spacial score (nSPS) is 14.5. The quantitative estimate of drug-likeness (QED) is 0.783. The van der Waals surface area contributed by atoms with Gasteiger partial charge in [-0.25, -0.2) is 0 Å². The number of carbonyl (C=O) groups excluding carboxylic acids is 1. The summed E-state index contributed by atoms with van der Waals surface area (Å²) in [6, 6.07) is 3.59. The van der Waals surface area contributed by atoms with Gasteiger partial charge in [0, 0.05) is 6.42 Å². The van der Waals surface area contributed by atoms with E-state index in [1.165, 1.54) is 0 Å². The maximum absolute atomic E-state index is 11.9. The second-order valence-electron chi connectivity index (χ2n) is 5.24. The molecule has 18 heavy (non-hydrogen) atoms. The van der Waals surface area contributed by atoms with E-state index < -0.39 is 0 Å². The van der Waals surface area contributed by atoms with Gasteiger partial charge < -0.3 is 15.5 Å². The molecule has 0 saturated heterocycles. The predicted molar refractivity (Wildman–Crippen MR) is 71.9 cm³/mol. The molecule has 0 saturated carbocycles. The van der Waals surface area contributed by atoms with E-state index in [0.29, 0.717) is 18.9 Å². The van der Waals surface area contributed by atoms with E-state index in [4.69, 9.17) is 10.2 Å². The van der Waals surface area contributed by atoms with Gasteiger partial charge >= 0.3 is 0 Å². The predicted octanol–water partition coefficient (Wildman–Crippen LogP) is 2.47. The van der Waals surface area contributed by atoms with Crippen molar-refractivity contribution in [3.8, 4) is 0 Å². The van der Waals surface area contributed by atoms with Crippen LogP contribution >= 0.6 is 0 Å². The Bertz CT molecular complexity index is 347. The van der Waals surface area contributed by atoms with Gasteiger partial charge in [0.1, 0.15) is 5.76 Å². The van der Waals surface area contributed by atoms with Crippen LogP contribution in [-0.2, 0) is 4.79 Å². The first-order valence-corrected chi connectivity index (χ1v) is 6.55. The molecule has 0 aliphatic carbocycles. The molecule has 0 bridgehead atoms. The molecule has 1 amide bonds. The minimum Gasteiger partial charge on any atom is -0.467 e. The number of rotatable bonds is 7. The number of nitrogens with one attached hydrogen (secondary N) is 1. The third-order valence-corrected chi connectivity index (χ3v) is 2.96. The van der Waals surface area contributed by atoms with Gasteiger partial charge in [-0.05, 0) is 43.9 Å². The first-order valence-electron chi connectivity index (χ1n) is 6.55. The number of nitrogens with two attached hydrogens (primary N) is 1. The van der Waals surface area contributed by atoms with Gasteiger partial charge in [0.15, 0.2) is 0 Å². The van der Waals surface area contributed by atoms with Gasteiger partial charge in [-0.2, -0.15) is 0 Å². The van der Waals surface area contributed by atoms with Crippen LogP contribution in [0.4, 0.5) is 0 Å². The zero-order chi connectivity index (χ0) is 13.5. The highest BCUT2D eigenvalue weighted by molar-refractivity contribution is 5.76. The van der Waals surface area contributed by atoms with Crippen LogP contribution < -0.4 is 11.1 Å². The second-order valence-corrected chi connectivity index (χ2v) is 5.24. The van der Waals surface area contributed by atoms with Crippen molar-refractivity contribution >= 4 is 5.91 Å². The Labute approximate surface area is 109 Å². The van der Waals surface area contributed by atoms with Crippen LogP contribution in [-0.4, -0.2) is 12.5 Å². The minimum atomic E-state index is -0.0926. The third-order valence-electron chi connectivity index (χ3n) is 2.96. The molecule has 0 aliphatic heterocycles. The van der Waals surface area contributed by atoms with Gasteiger partial charge in [0.25, 0.3) is 0 Å². The molecule has 1 rings (SSSR count). The summed E-state index contributed by atoms with van der Waals surface area (Å²) >= 11 is 0. The average Bonchev–Trinajstić information content (AvgIpc) is 2.80. The Hall–Kier alpha value is -1.29. The van der Waals surface area contributed by atoms with Crippen molar-refractivity contribution in [3.63, 3.8) is 0 Å². The molecular formula is C14H24N2O2. The molecule has 102 valence electrons. The summed E-state index contributed by atoms with van der Waals surface area (Å²) in [7, 11) is 0. The standard InChI is InChI=1S/C14H24N2O2/c1-10(2)7-12(9-15)8-14(17)16-11(3)13-5-4-6-18-13/h4-6,10-12H,7-9,15H2,1-3H3,(H,16,17)/t11-,12-/m0/s1. The fourth-order valence-corrected chi connectivity index (χ4v) is 2.10. The second kappa shape index (κ2) is 7.21. The van der Waals surface area contributed by atoms with E-state index in [0.717, 1.165) is 12.2 Å². The maximum atomic E-state index is 11.9. The van der Waals surface area contributed by atoms with Crippen molar-refractivity contribution in [3.05, 3.63) is 24.2 Å². The zero-order valence-electron chi connectivity index (χ0n) is 11.5. The molecule has 2 atom stereocenters. The molecule has 3 N–H and O–H groups in total. The SMILES string of the molecule is CC(C)C[C@H](CN)CC(=O)N[C@@H](C)c1ccco1. The molecule has 0 radical (unpaired) electrons. The summed E-state index contributed by atoms with van der Waals surface area (Å²) in [5, 5.41) is 2.93. The number of hydrogen-bond acceptors (Lipinski definition) is 3. The highest BCUT2D eigenvalue weighted by Crippen LogP contribution is 2.16. The minimum absolute atomic E-state index is 0.0370. The summed E-state index contributed by atoms with van der Waals surface area (Å²) in [4.78, 5) is 11.9. The fourth-order valence-electron chi connectivity index (χ4n) is 2.10. The van der Waals surface area contributed by atoms with Crippen molar-refractivity contribution < 1.29 is 9.21 Å². The van der Waals surface area contributed by atoms with Gasteiger partial charge in [-0.1, -0.05) is 13.8 Å². The number of carbonyl (C=O) groups is 1. The Morgan fingerprint density at radius 3 is 2.67 bits per heavy atom. The molecule has 0 unspecified atom stereocenters. The molecule has 1 aromatic heterocycles. The number of furan rings is 1. The lowest BCUT2D eigenvalue weighted by Crippen LogP contribution is -2.30. The molecule has 0 aromatic carbocycles. The Morgan fingerprint density at radius 2 is 2.17 bits per heavy atom. The summed E-state index contributed by atoms with van der Waals surface area (Å²) < 4.78 is 5.25.